The second-order valence-corrected chi connectivity index (χ2v) is 5.53. The normalized spacial score (nSPS) is 11.8. The van der Waals surface area contributed by atoms with E-state index in [1.165, 1.54) is 16.5 Å². The molecule has 0 aliphatic carbocycles. The van der Waals surface area contributed by atoms with Gasteiger partial charge in [-0.25, -0.2) is 5.84 Å². The molecule has 0 fully saturated rings. The first-order valence-electron chi connectivity index (χ1n) is 5.21. The summed E-state index contributed by atoms with van der Waals surface area (Å²) in [4.78, 5) is 12.3. The Morgan fingerprint density at radius 3 is 2.76 bits per heavy atom. The van der Waals surface area contributed by atoms with E-state index < -0.39 is 5.54 Å². The van der Waals surface area contributed by atoms with Crippen LogP contribution in [0.25, 0.3) is 10.2 Å². The van der Waals surface area contributed by atoms with Crippen molar-refractivity contribution in [3.05, 3.63) is 23.8 Å². The summed E-state index contributed by atoms with van der Waals surface area (Å²) in [6.07, 6.45) is 0. The molecule has 1 aromatic heterocycles. The van der Waals surface area contributed by atoms with Crippen molar-refractivity contribution >= 4 is 27.7 Å². The van der Waals surface area contributed by atoms with E-state index in [1.54, 1.807) is 12.1 Å². The first-order chi connectivity index (χ1) is 7.91. The van der Waals surface area contributed by atoms with Gasteiger partial charge in [-0.3, -0.25) is 9.80 Å². The molecule has 0 radical (unpaired) electrons. The van der Waals surface area contributed by atoms with E-state index in [0.29, 0.717) is 5.56 Å². The van der Waals surface area contributed by atoms with Gasteiger partial charge in [0.25, 0.3) is 5.91 Å². The van der Waals surface area contributed by atoms with Crippen LogP contribution < -0.4 is 5.84 Å². The van der Waals surface area contributed by atoms with E-state index in [9.17, 15) is 4.79 Å². The lowest BCUT2D eigenvalue weighted by Gasteiger charge is -2.31. The van der Waals surface area contributed by atoms with Crippen LogP contribution in [0.2, 0.25) is 0 Å². The summed E-state index contributed by atoms with van der Waals surface area (Å²) >= 11 is 1.21. The van der Waals surface area contributed by atoms with Gasteiger partial charge in [-0.05, 0) is 44.4 Å². The molecule has 0 unspecified atom stereocenters. The van der Waals surface area contributed by atoms with Crippen LogP contribution in [0.3, 0.4) is 0 Å². The number of carbonyl (C=O) groups excluding carboxylic acids is 1. The summed E-state index contributed by atoms with van der Waals surface area (Å²) in [5.74, 6) is 5.62. The summed E-state index contributed by atoms with van der Waals surface area (Å²) in [6.45, 7) is 5.65. The quantitative estimate of drug-likeness (QED) is 0.476. The standard InChI is InChI=1S/C11H14N4OS/c1-11(2,3)15(12)10(16)7-5-4-6-8-9(7)17-14-13-8/h4-6H,12H2,1-3H3. The third-order valence-electron chi connectivity index (χ3n) is 2.45. The van der Waals surface area contributed by atoms with Gasteiger partial charge in [0.15, 0.2) is 0 Å². The van der Waals surface area contributed by atoms with Crippen LogP contribution in [0.15, 0.2) is 18.2 Å². The Bertz CT molecular complexity index is 558. The molecule has 1 amide bonds. The molecule has 5 nitrogen and oxygen atoms in total. The monoisotopic (exact) mass is 250 g/mol. The zero-order valence-corrected chi connectivity index (χ0v) is 10.8. The van der Waals surface area contributed by atoms with Gasteiger partial charge in [-0.1, -0.05) is 10.6 Å². The molecule has 1 aromatic carbocycles. The molecule has 0 bridgehead atoms. The van der Waals surface area contributed by atoms with Gasteiger partial charge in [0.2, 0.25) is 0 Å². The number of nitrogens with two attached hydrogens (primary N) is 1. The Morgan fingerprint density at radius 2 is 2.12 bits per heavy atom. The Balaban J connectivity index is 2.47. The van der Waals surface area contributed by atoms with Crippen LogP contribution in [-0.4, -0.2) is 26.0 Å². The third-order valence-corrected chi connectivity index (χ3v) is 3.22. The van der Waals surface area contributed by atoms with E-state index in [4.69, 9.17) is 5.84 Å². The molecule has 0 saturated carbocycles. The molecule has 2 aromatic rings. The van der Waals surface area contributed by atoms with Gasteiger partial charge in [0.1, 0.15) is 5.52 Å². The number of benzene rings is 1. The van der Waals surface area contributed by atoms with E-state index in [2.05, 4.69) is 9.59 Å². The van der Waals surface area contributed by atoms with Gasteiger partial charge in [-0.15, -0.1) is 5.10 Å². The SMILES string of the molecule is CC(C)(C)N(N)C(=O)c1cccc2nnsc12. The highest BCUT2D eigenvalue weighted by Gasteiger charge is 2.26. The lowest BCUT2D eigenvalue weighted by molar-refractivity contribution is 0.0584. The Morgan fingerprint density at radius 1 is 1.41 bits per heavy atom. The maximum Gasteiger partial charge on any atom is 0.269 e. The maximum atomic E-state index is 12.3. The van der Waals surface area contributed by atoms with Crippen molar-refractivity contribution in [3.8, 4) is 0 Å². The number of hydrazine groups is 1. The van der Waals surface area contributed by atoms with Crippen molar-refractivity contribution in [3.63, 3.8) is 0 Å². The highest BCUT2D eigenvalue weighted by molar-refractivity contribution is 7.13. The molecular formula is C11H14N4OS. The molecule has 17 heavy (non-hydrogen) atoms. The molecule has 90 valence electrons. The molecule has 2 rings (SSSR count). The maximum absolute atomic E-state index is 12.3. The Hall–Kier alpha value is -1.53. The minimum absolute atomic E-state index is 0.214. The molecule has 2 N–H and O–H groups in total. The fourth-order valence-corrected chi connectivity index (χ4v) is 2.07. The van der Waals surface area contributed by atoms with E-state index >= 15 is 0 Å². The summed E-state index contributed by atoms with van der Waals surface area (Å²) in [5, 5.41) is 5.18. The summed E-state index contributed by atoms with van der Waals surface area (Å²) in [5.41, 5.74) is 0.857. The predicted molar refractivity (Wildman–Crippen MR) is 67.5 cm³/mol. The lowest BCUT2D eigenvalue weighted by atomic mass is 10.1. The number of aromatic nitrogens is 2. The van der Waals surface area contributed by atoms with Gasteiger partial charge < -0.3 is 0 Å². The Labute approximate surface area is 103 Å². The zero-order valence-electron chi connectivity index (χ0n) is 9.97. The number of amides is 1. The van der Waals surface area contributed by atoms with Crippen molar-refractivity contribution in [1.29, 1.82) is 0 Å². The van der Waals surface area contributed by atoms with E-state index in [0.717, 1.165) is 10.2 Å². The molecular weight excluding hydrogens is 236 g/mol. The smallest absolute Gasteiger partial charge is 0.269 e. The number of hydrogen-bond acceptors (Lipinski definition) is 5. The predicted octanol–water partition coefficient (Wildman–Crippen LogP) is 1.81. The molecule has 0 aliphatic rings. The van der Waals surface area contributed by atoms with Gasteiger partial charge >= 0.3 is 0 Å². The van der Waals surface area contributed by atoms with Crippen molar-refractivity contribution in [2.24, 2.45) is 5.84 Å². The van der Waals surface area contributed by atoms with Crippen molar-refractivity contribution in [2.45, 2.75) is 26.3 Å². The fourth-order valence-electron chi connectivity index (χ4n) is 1.41. The molecule has 0 atom stereocenters. The fraction of sp³-hybridized carbons (Fsp3) is 0.364. The number of rotatable bonds is 1. The molecule has 6 heteroatoms. The topological polar surface area (TPSA) is 72.1 Å². The van der Waals surface area contributed by atoms with Crippen molar-refractivity contribution in [1.82, 2.24) is 14.6 Å². The van der Waals surface area contributed by atoms with E-state index in [1.807, 2.05) is 26.8 Å². The van der Waals surface area contributed by atoms with Gasteiger partial charge in [0, 0.05) is 0 Å². The number of hydrogen-bond donors (Lipinski definition) is 1. The van der Waals surface area contributed by atoms with Crippen molar-refractivity contribution < 1.29 is 4.79 Å². The second kappa shape index (κ2) is 4.05. The average Bonchev–Trinajstić information content (AvgIpc) is 2.73. The highest BCUT2D eigenvalue weighted by atomic mass is 32.1. The molecule has 1 heterocycles. The summed E-state index contributed by atoms with van der Waals surface area (Å²) in [7, 11) is 0. The first kappa shape index (κ1) is 11.9. The number of fused-ring (bicyclic) bond motifs is 1. The third kappa shape index (κ3) is 2.13. The largest absolute Gasteiger partial charge is 0.271 e. The van der Waals surface area contributed by atoms with Crippen LogP contribution >= 0.6 is 11.5 Å². The lowest BCUT2D eigenvalue weighted by Crippen LogP contribution is -2.50. The second-order valence-electron chi connectivity index (χ2n) is 4.77. The van der Waals surface area contributed by atoms with Crippen LogP contribution in [0.1, 0.15) is 31.1 Å². The van der Waals surface area contributed by atoms with Gasteiger partial charge in [-0.2, -0.15) is 0 Å². The average molecular weight is 250 g/mol. The highest BCUT2D eigenvalue weighted by Crippen LogP contribution is 2.23. The van der Waals surface area contributed by atoms with Crippen LogP contribution in [0, 0.1) is 0 Å². The first-order valence-corrected chi connectivity index (χ1v) is 5.99. The summed E-state index contributed by atoms with van der Waals surface area (Å²) in [6, 6.07) is 5.36. The minimum atomic E-state index is -0.419. The Kier molecular flexibility index (Phi) is 2.84. The van der Waals surface area contributed by atoms with Gasteiger partial charge in [0.05, 0.1) is 15.8 Å². The van der Waals surface area contributed by atoms with Crippen LogP contribution in [0.4, 0.5) is 0 Å². The number of carbonyl (C=O) groups is 1. The van der Waals surface area contributed by atoms with Crippen LogP contribution in [0.5, 0.6) is 0 Å². The van der Waals surface area contributed by atoms with Crippen molar-refractivity contribution in [2.75, 3.05) is 0 Å². The number of nitrogens with zero attached hydrogens (tertiary/aromatic N) is 3. The molecule has 0 spiro atoms. The zero-order chi connectivity index (χ0) is 12.6. The van der Waals surface area contributed by atoms with Crippen LogP contribution in [-0.2, 0) is 0 Å². The minimum Gasteiger partial charge on any atom is -0.271 e. The van der Waals surface area contributed by atoms with E-state index in [-0.39, 0.29) is 5.91 Å². The summed E-state index contributed by atoms with van der Waals surface area (Å²) < 4.78 is 4.62. The molecule has 0 aliphatic heterocycles. The molecule has 0 saturated heterocycles.